The molecule has 1 amide bonds. The molecule has 1 atom stereocenters. The fourth-order valence-corrected chi connectivity index (χ4v) is 5.38. The van der Waals surface area contributed by atoms with Crippen LogP contribution >= 0.6 is 11.8 Å². The highest BCUT2D eigenvalue weighted by atomic mass is 32.2. The molecule has 0 bridgehead atoms. The Morgan fingerprint density at radius 3 is 2.52 bits per heavy atom. The van der Waals surface area contributed by atoms with Crippen LogP contribution in [0.1, 0.15) is 50.5 Å². The molecule has 1 saturated heterocycles. The summed E-state index contributed by atoms with van der Waals surface area (Å²) in [6.07, 6.45) is 8.89. The number of likely N-dealkylation sites (tertiary alicyclic amines) is 1. The zero-order valence-corrected chi connectivity index (χ0v) is 17.3. The van der Waals surface area contributed by atoms with E-state index in [2.05, 4.69) is 40.5 Å². The first-order valence-electron chi connectivity index (χ1n) is 10.6. The number of nitrogens with two attached hydrogens (primary N) is 1. The minimum absolute atomic E-state index is 0.0349. The molecule has 0 spiro atoms. The SMILES string of the molecule is N[C@@H](CSCC1CCCCC1)C(=O)NC1CCN(Cc2ccccc2)CC1. The predicted molar refractivity (Wildman–Crippen MR) is 115 cm³/mol. The third-order valence-electron chi connectivity index (χ3n) is 5.90. The van der Waals surface area contributed by atoms with Gasteiger partial charge < -0.3 is 11.1 Å². The lowest BCUT2D eigenvalue weighted by Crippen LogP contribution is -2.50. The molecule has 4 nitrogen and oxygen atoms in total. The maximum atomic E-state index is 12.4. The number of carbonyl (C=O) groups excluding carboxylic acids is 1. The van der Waals surface area contributed by atoms with E-state index in [0.29, 0.717) is 0 Å². The summed E-state index contributed by atoms with van der Waals surface area (Å²) in [7, 11) is 0. The number of amides is 1. The average molecular weight is 390 g/mol. The molecule has 5 heteroatoms. The highest BCUT2D eigenvalue weighted by Gasteiger charge is 2.23. The molecule has 1 aromatic rings. The second-order valence-corrected chi connectivity index (χ2v) is 9.27. The van der Waals surface area contributed by atoms with Gasteiger partial charge in [0.2, 0.25) is 5.91 Å². The minimum atomic E-state index is -0.374. The van der Waals surface area contributed by atoms with Crippen molar-refractivity contribution in [2.45, 2.75) is 63.6 Å². The van der Waals surface area contributed by atoms with Crippen molar-refractivity contribution >= 4 is 17.7 Å². The van der Waals surface area contributed by atoms with E-state index < -0.39 is 0 Å². The quantitative estimate of drug-likeness (QED) is 0.715. The van der Waals surface area contributed by atoms with Crippen LogP contribution in [0.4, 0.5) is 0 Å². The number of nitrogens with one attached hydrogen (secondary N) is 1. The van der Waals surface area contributed by atoms with E-state index in [1.54, 1.807) is 0 Å². The molecule has 1 heterocycles. The minimum Gasteiger partial charge on any atom is -0.352 e. The molecule has 1 saturated carbocycles. The van der Waals surface area contributed by atoms with Crippen LogP contribution < -0.4 is 11.1 Å². The van der Waals surface area contributed by atoms with Gasteiger partial charge in [-0.25, -0.2) is 0 Å². The van der Waals surface area contributed by atoms with Crippen molar-refractivity contribution in [1.82, 2.24) is 10.2 Å². The normalized spacial score (nSPS) is 21.1. The molecule has 1 aromatic carbocycles. The fraction of sp³-hybridized carbons (Fsp3) is 0.682. The molecule has 0 unspecified atom stereocenters. The maximum Gasteiger partial charge on any atom is 0.237 e. The van der Waals surface area contributed by atoms with Gasteiger partial charge in [0.1, 0.15) is 0 Å². The highest BCUT2D eigenvalue weighted by molar-refractivity contribution is 7.99. The Bertz CT molecular complexity index is 554. The zero-order valence-electron chi connectivity index (χ0n) is 16.4. The molecule has 1 aliphatic carbocycles. The number of piperidine rings is 1. The van der Waals surface area contributed by atoms with E-state index in [4.69, 9.17) is 5.73 Å². The molecule has 2 aliphatic rings. The van der Waals surface area contributed by atoms with Gasteiger partial charge in [0, 0.05) is 31.4 Å². The number of hydrogen-bond acceptors (Lipinski definition) is 4. The van der Waals surface area contributed by atoms with Gasteiger partial charge in [-0.2, -0.15) is 11.8 Å². The fourth-order valence-electron chi connectivity index (χ4n) is 4.18. The first kappa shape index (κ1) is 20.7. The summed E-state index contributed by atoms with van der Waals surface area (Å²) >= 11 is 1.87. The Kier molecular flexibility index (Phi) is 8.49. The van der Waals surface area contributed by atoms with Crippen LogP contribution in [-0.4, -0.2) is 47.5 Å². The van der Waals surface area contributed by atoms with Crippen LogP contribution in [0.2, 0.25) is 0 Å². The maximum absolute atomic E-state index is 12.4. The van der Waals surface area contributed by atoms with E-state index in [9.17, 15) is 4.79 Å². The van der Waals surface area contributed by atoms with Gasteiger partial charge in [0.15, 0.2) is 0 Å². The van der Waals surface area contributed by atoms with Crippen LogP contribution in [0, 0.1) is 5.92 Å². The molecule has 0 aromatic heterocycles. The number of benzene rings is 1. The standard InChI is InChI=1S/C22H35N3OS/c23-21(17-27-16-19-9-5-2-6-10-19)22(26)24-20-11-13-25(14-12-20)15-18-7-3-1-4-8-18/h1,3-4,7-8,19-21H,2,5-6,9-17,23H2,(H,24,26)/t21-/m0/s1. The lowest BCUT2D eigenvalue weighted by molar-refractivity contribution is -0.122. The third-order valence-corrected chi connectivity index (χ3v) is 7.20. The lowest BCUT2D eigenvalue weighted by Gasteiger charge is -2.32. The summed E-state index contributed by atoms with van der Waals surface area (Å²) in [4.78, 5) is 14.9. The molecule has 3 N–H and O–H groups in total. The van der Waals surface area contributed by atoms with Crippen LogP contribution in [0.15, 0.2) is 30.3 Å². The molecule has 2 fully saturated rings. The second-order valence-electron chi connectivity index (χ2n) is 8.19. The molecule has 27 heavy (non-hydrogen) atoms. The summed E-state index contributed by atoms with van der Waals surface area (Å²) in [5.74, 6) is 2.79. The van der Waals surface area contributed by atoms with E-state index in [1.165, 1.54) is 43.4 Å². The van der Waals surface area contributed by atoms with Crippen LogP contribution in [0.3, 0.4) is 0 Å². The summed E-state index contributed by atoms with van der Waals surface area (Å²) in [6.45, 7) is 3.07. The topological polar surface area (TPSA) is 58.4 Å². The molecule has 150 valence electrons. The Labute approximate surface area is 168 Å². The van der Waals surface area contributed by atoms with Gasteiger partial charge in [0.05, 0.1) is 6.04 Å². The summed E-state index contributed by atoms with van der Waals surface area (Å²) < 4.78 is 0. The zero-order chi connectivity index (χ0) is 18.9. The van der Waals surface area contributed by atoms with Crippen molar-refractivity contribution in [2.75, 3.05) is 24.6 Å². The van der Waals surface area contributed by atoms with Gasteiger partial charge in [-0.05, 0) is 42.9 Å². The number of hydrogen-bond donors (Lipinski definition) is 2. The number of carbonyl (C=O) groups is 1. The van der Waals surface area contributed by atoms with Crippen molar-refractivity contribution in [3.63, 3.8) is 0 Å². The highest BCUT2D eigenvalue weighted by Crippen LogP contribution is 2.26. The molecule has 3 rings (SSSR count). The van der Waals surface area contributed by atoms with Crippen LogP contribution in [0.5, 0.6) is 0 Å². The Morgan fingerprint density at radius 2 is 1.81 bits per heavy atom. The van der Waals surface area contributed by atoms with Crippen LogP contribution in [-0.2, 0) is 11.3 Å². The lowest BCUT2D eigenvalue weighted by atomic mass is 9.91. The number of thioether (sulfide) groups is 1. The van der Waals surface area contributed by atoms with Gasteiger partial charge in [0.25, 0.3) is 0 Å². The van der Waals surface area contributed by atoms with Crippen LogP contribution in [0.25, 0.3) is 0 Å². The van der Waals surface area contributed by atoms with E-state index >= 15 is 0 Å². The first-order valence-corrected chi connectivity index (χ1v) is 11.8. The smallest absolute Gasteiger partial charge is 0.237 e. The largest absolute Gasteiger partial charge is 0.352 e. The van der Waals surface area contributed by atoms with Crippen molar-refractivity contribution in [3.05, 3.63) is 35.9 Å². The van der Waals surface area contributed by atoms with Crippen molar-refractivity contribution < 1.29 is 4.79 Å². The summed E-state index contributed by atoms with van der Waals surface area (Å²) in [6, 6.07) is 10.5. The molecular formula is C22H35N3OS. The summed E-state index contributed by atoms with van der Waals surface area (Å²) in [5, 5.41) is 3.19. The van der Waals surface area contributed by atoms with Crippen molar-refractivity contribution in [2.24, 2.45) is 11.7 Å². The van der Waals surface area contributed by atoms with Gasteiger partial charge in [-0.1, -0.05) is 49.6 Å². The van der Waals surface area contributed by atoms with Gasteiger partial charge in [-0.15, -0.1) is 0 Å². The van der Waals surface area contributed by atoms with Crippen molar-refractivity contribution in [3.8, 4) is 0 Å². The Hall–Kier alpha value is -1.04. The second kappa shape index (κ2) is 11.1. The van der Waals surface area contributed by atoms with E-state index in [0.717, 1.165) is 44.1 Å². The molecule has 0 radical (unpaired) electrons. The first-order chi connectivity index (χ1) is 13.2. The van der Waals surface area contributed by atoms with Gasteiger partial charge in [-0.3, -0.25) is 9.69 Å². The van der Waals surface area contributed by atoms with Crippen molar-refractivity contribution in [1.29, 1.82) is 0 Å². The van der Waals surface area contributed by atoms with Gasteiger partial charge >= 0.3 is 0 Å². The Balaban J connectivity index is 1.30. The van der Waals surface area contributed by atoms with E-state index in [1.807, 2.05) is 11.8 Å². The summed E-state index contributed by atoms with van der Waals surface area (Å²) in [5.41, 5.74) is 7.49. The number of rotatable bonds is 8. The molecular weight excluding hydrogens is 354 g/mol. The Morgan fingerprint density at radius 1 is 1.11 bits per heavy atom. The van der Waals surface area contributed by atoms with E-state index in [-0.39, 0.29) is 18.0 Å². The monoisotopic (exact) mass is 389 g/mol. The molecule has 1 aliphatic heterocycles. The average Bonchev–Trinajstić information content (AvgIpc) is 2.71. The number of nitrogens with zero attached hydrogens (tertiary/aromatic N) is 1. The predicted octanol–water partition coefficient (Wildman–Crippen LogP) is 3.41. The third kappa shape index (κ3) is 7.13.